The number of H-pyrrole nitrogens is 1. The van der Waals surface area contributed by atoms with Gasteiger partial charge in [0.2, 0.25) is 0 Å². The van der Waals surface area contributed by atoms with E-state index in [1.165, 1.54) is 6.07 Å². The van der Waals surface area contributed by atoms with E-state index in [0.717, 1.165) is 22.1 Å². The van der Waals surface area contributed by atoms with E-state index < -0.39 is 29.3 Å². The van der Waals surface area contributed by atoms with Crippen LogP contribution < -0.4 is 10.6 Å². The second kappa shape index (κ2) is 8.22. The first-order valence-electron chi connectivity index (χ1n) is 11.5. The van der Waals surface area contributed by atoms with Crippen LogP contribution in [0.15, 0.2) is 54.7 Å². The summed E-state index contributed by atoms with van der Waals surface area (Å²) < 4.78 is 31.7. The Bertz CT molecular complexity index is 1370. The molecule has 34 heavy (non-hydrogen) atoms. The quantitative estimate of drug-likeness (QED) is 0.296. The third-order valence-electron chi connectivity index (χ3n) is 6.92. The molecule has 6 heteroatoms. The minimum Gasteiger partial charge on any atom is -0.389 e. The number of aliphatic hydroxyl groups excluding tert-OH is 1. The van der Waals surface area contributed by atoms with Crippen LogP contribution in [0.1, 0.15) is 42.1 Å². The average Bonchev–Trinajstić information content (AvgIpc) is 3.17. The summed E-state index contributed by atoms with van der Waals surface area (Å²) in [5, 5.41) is 18.6. The molecule has 0 radical (unpaired) electrons. The summed E-state index contributed by atoms with van der Waals surface area (Å²) in [6.45, 7) is 8.06. The predicted octanol–water partition coefficient (Wildman–Crippen LogP) is 6.13. The number of anilines is 1. The van der Waals surface area contributed by atoms with Gasteiger partial charge in [0.25, 0.3) is 0 Å². The number of halogens is 2. The average molecular weight is 462 g/mol. The summed E-state index contributed by atoms with van der Waals surface area (Å²) >= 11 is 0. The molecule has 1 aromatic heterocycles. The standard InChI is InChI=1S/C28H29F2N3O/c1-15-8-10-17(11-9-15)14-32-26-23-21(33-28(3,4)27(26)34)12-20(29)22(24(23)30)19-7-5-6-18-16(2)13-31-25(18)19/h5-13,26-27,31-34H,14H2,1-4H3/t26-,27+/m0/s1. The van der Waals surface area contributed by atoms with Crippen LogP contribution in [0, 0.1) is 25.5 Å². The van der Waals surface area contributed by atoms with E-state index in [9.17, 15) is 5.11 Å². The molecule has 1 aliphatic heterocycles. The molecule has 2 atom stereocenters. The molecule has 176 valence electrons. The van der Waals surface area contributed by atoms with Crippen LogP contribution in [0.2, 0.25) is 0 Å². The highest BCUT2D eigenvalue weighted by Crippen LogP contribution is 2.44. The maximum atomic E-state index is 16.2. The summed E-state index contributed by atoms with van der Waals surface area (Å²) in [6, 6.07) is 14.1. The molecule has 4 nitrogen and oxygen atoms in total. The van der Waals surface area contributed by atoms with E-state index >= 15 is 8.78 Å². The zero-order chi connectivity index (χ0) is 24.2. The van der Waals surface area contributed by atoms with Gasteiger partial charge in [-0.1, -0.05) is 48.0 Å². The van der Waals surface area contributed by atoms with Crippen molar-refractivity contribution in [1.82, 2.24) is 10.3 Å². The maximum absolute atomic E-state index is 16.2. The number of aliphatic hydroxyl groups is 1. The predicted molar refractivity (Wildman–Crippen MR) is 133 cm³/mol. The van der Waals surface area contributed by atoms with Crippen LogP contribution in [0.5, 0.6) is 0 Å². The van der Waals surface area contributed by atoms with Gasteiger partial charge in [-0.15, -0.1) is 0 Å². The van der Waals surface area contributed by atoms with Crippen molar-refractivity contribution in [3.63, 3.8) is 0 Å². The van der Waals surface area contributed by atoms with Crippen molar-refractivity contribution in [2.24, 2.45) is 0 Å². The van der Waals surface area contributed by atoms with Crippen LogP contribution in [-0.4, -0.2) is 21.7 Å². The van der Waals surface area contributed by atoms with Crippen LogP contribution in [0.3, 0.4) is 0 Å². The fourth-order valence-electron chi connectivity index (χ4n) is 4.93. The van der Waals surface area contributed by atoms with Crippen molar-refractivity contribution >= 4 is 16.6 Å². The lowest BCUT2D eigenvalue weighted by Crippen LogP contribution is -2.54. The molecule has 0 unspecified atom stereocenters. The van der Waals surface area contributed by atoms with E-state index in [4.69, 9.17) is 0 Å². The van der Waals surface area contributed by atoms with Crippen LogP contribution in [0.4, 0.5) is 14.5 Å². The Hall–Kier alpha value is -3.22. The van der Waals surface area contributed by atoms with Gasteiger partial charge in [-0.05, 0) is 44.9 Å². The fraction of sp³-hybridized carbons (Fsp3) is 0.286. The van der Waals surface area contributed by atoms with Crippen molar-refractivity contribution in [2.75, 3.05) is 5.32 Å². The lowest BCUT2D eigenvalue weighted by molar-refractivity contribution is 0.0663. The maximum Gasteiger partial charge on any atom is 0.140 e. The molecule has 0 fully saturated rings. The highest BCUT2D eigenvalue weighted by Gasteiger charge is 2.43. The Morgan fingerprint density at radius 2 is 1.79 bits per heavy atom. The summed E-state index contributed by atoms with van der Waals surface area (Å²) in [7, 11) is 0. The first-order valence-corrected chi connectivity index (χ1v) is 11.5. The van der Waals surface area contributed by atoms with Crippen molar-refractivity contribution in [3.8, 4) is 11.1 Å². The number of fused-ring (bicyclic) bond motifs is 2. The summed E-state index contributed by atoms with van der Waals surface area (Å²) in [6.07, 6.45) is 0.893. The largest absolute Gasteiger partial charge is 0.389 e. The third kappa shape index (κ3) is 3.67. The lowest BCUT2D eigenvalue weighted by atomic mass is 9.80. The molecule has 0 bridgehead atoms. The third-order valence-corrected chi connectivity index (χ3v) is 6.92. The van der Waals surface area contributed by atoms with E-state index in [2.05, 4.69) is 15.6 Å². The van der Waals surface area contributed by atoms with Gasteiger partial charge in [-0.25, -0.2) is 8.78 Å². The molecule has 4 N–H and O–H groups in total. The molecule has 1 aliphatic rings. The number of aromatic amines is 1. The zero-order valence-electron chi connectivity index (χ0n) is 19.8. The number of nitrogens with one attached hydrogen (secondary N) is 3. The second-order valence-electron chi connectivity index (χ2n) is 9.84. The Balaban J connectivity index is 1.64. The Morgan fingerprint density at radius 1 is 1.06 bits per heavy atom. The highest BCUT2D eigenvalue weighted by atomic mass is 19.1. The molecular formula is C28H29F2N3O. The van der Waals surface area contributed by atoms with Crippen molar-refractivity contribution in [3.05, 3.63) is 88.6 Å². The molecular weight excluding hydrogens is 432 g/mol. The molecule has 0 saturated heterocycles. The van der Waals surface area contributed by atoms with E-state index in [1.807, 2.05) is 64.2 Å². The van der Waals surface area contributed by atoms with Gasteiger partial charge in [0.05, 0.1) is 28.8 Å². The molecule has 3 aromatic carbocycles. The minimum atomic E-state index is -0.943. The van der Waals surface area contributed by atoms with Gasteiger partial charge in [0, 0.05) is 34.9 Å². The van der Waals surface area contributed by atoms with Crippen LogP contribution in [0.25, 0.3) is 22.0 Å². The second-order valence-corrected chi connectivity index (χ2v) is 9.84. The summed E-state index contributed by atoms with van der Waals surface area (Å²) in [5.74, 6) is -1.31. The SMILES string of the molecule is Cc1ccc(CN[C@H]2c3c(cc(F)c(-c4cccc5c(C)c[nH]c45)c3F)NC(C)(C)[C@@H]2O)cc1. The fourth-order valence-corrected chi connectivity index (χ4v) is 4.93. The molecule has 0 aliphatic carbocycles. The molecule has 2 heterocycles. The molecule has 0 saturated carbocycles. The van der Waals surface area contributed by atoms with Gasteiger partial charge >= 0.3 is 0 Å². The smallest absolute Gasteiger partial charge is 0.140 e. The highest BCUT2D eigenvalue weighted by molar-refractivity contribution is 5.96. The van der Waals surface area contributed by atoms with Gasteiger partial charge in [0.1, 0.15) is 11.6 Å². The van der Waals surface area contributed by atoms with E-state index in [0.29, 0.717) is 23.3 Å². The van der Waals surface area contributed by atoms with E-state index in [1.54, 1.807) is 12.1 Å². The first kappa shape index (κ1) is 22.6. The summed E-state index contributed by atoms with van der Waals surface area (Å²) in [5.41, 5.74) is 4.04. The molecule has 0 spiro atoms. The van der Waals surface area contributed by atoms with Crippen molar-refractivity contribution < 1.29 is 13.9 Å². The van der Waals surface area contributed by atoms with E-state index in [-0.39, 0.29) is 11.1 Å². The number of aromatic nitrogens is 1. The van der Waals surface area contributed by atoms with Crippen molar-refractivity contribution in [1.29, 1.82) is 0 Å². The zero-order valence-corrected chi connectivity index (χ0v) is 19.8. The molecule has 5 rings (SSSR count). The molecule has 4 aromatic rings. The number of aryl methyl sites for hydroxylation is 2. The van der Waals surface area contributed by atoms with Gasteiger partial charge in [-0.2, -0.15) is 0 Å². The Labute approximate surface area is 198 Å². The number of rotatable bonds is 4. The first-order chi connectivity index (χ1) is 16.2. The number of hydrogen-bond acceptors (Lipinski definition) is 3. The van der Waals surface area contributed by atoms with Gasteiger partial charge in [-0.3, -0.25) is 0 Å². The monoisotopic (exact) mass is 461 g/mol. The Morgan fingerprint density at radius 3 is 2.53 bits per heavy atom. The molecule has 0 amide bonds. The lowest BCUT2D eigenvalue weighted by Gasteiger charge is -2.44. The topological polar surface area (TPSA) is 60.1 Å². The van der Waals surface area contributed by atoms with Crippen molar-refractivity contribution in [2.45, 2.75) is 51.9 Å². The van der Waals surface area contributed by atoms with Crippen LogP contribution in [-0.2, 0) is 6.54 Å². The van der Waals surface area contributed by atoms with Crippen LogP contribution >= 0.6 is 0 Å². The number of hydrogen-bond donors (Lipinski definition) is 4. The van der Waals surface area contributed by atoms with Gasteiger partial charge in [0.15, 0.2) is 0 Å². The minimum absolute atomic E-state index is 0.0953. The normalized spacial score (nSPS) is 19.1. The number of benzene rings is 3. The summed E-state index contributed by atoms with van der Waals surface area (Å²) in [4.78, 5) is 3.16. The Kier molecular flexibility index (Phi) is 5.46. The number of para-hydroxylation sites is 1. The van der Waals surface area contributed by atoms with Gasteiger partial charge < -0.3 is 20.7 Å².